The number of pyridine rings is 1. The van der Waals surface area contributed by atoms with Gasteiger partial charge in [0.15, 0.2) is 0 Å². The third-order valence-electron chi connectivity index (χ3n) is 3.32. The standard InChI is InChI=1S/C18H21NO3/c1-3-7-15-14(18(20)21)10-11-16(19-15)13-8-5-6-9-17(13)22-12-4-2/h5-6,8-11H,3-4,7,12H2,1-2H3,(H,20,21). The molecule has 0 saturated heterocycles. The molecule has 0 saturated carbocycles. The number of para-hydroxylation sites is 1. The second-order valence-corrected chi connectivity index (χ2v) is 5.09. The van der Waals surface area contributed by atoms with Crippen molar-refractivity contribution in [2.24, 2.45) is 0 Å². The van der Waals surface area contributed by atoms with Crippen LogP contribution in [0.25, 0.3) is 11.3 Å². The zero-order chi connectivity index (χ0) is 15.9. The lowest BCUT2D eigenvalue weighted by Gasteiger charge is -2.12. The molecule has 0 spiro atoms. The molecule has 0 amide bonds. The quantitative estimate of drug-likeness (QED) is 0.833. The fraction of sp³-hybridized carbons (Fsp3) is 0.333. The number of benzene rings is 1. The number of hydrogen-bond acceptors (Lipinski definition) is 3. The van der Waals surface area contributed by atoms with Gasteiger partial charge >= 0.3 is 5.97 Å². The number of aryl methyl sites for hydroxylation is 1. The number of hydrogen-bond donors (Lipinski definition) is 1. The minimum atomic E-state index is -0.932. The number of ether oxygens (including phenoxy) is 1. The SMILES string of the molecule is CCCOc1ccccc1-c1ccc(C(=O)O)c(CCC)n1. The van der Waals surface area contributed by atoms with E-state index in [4.69, 9.17) is 4.74 Å². The van der Waals surface area contributed by atoms with Gasteiger partial charge in [-0.15, -0.1) is 0 Å². The van der Waals surface area contributed by atoms with Crippen molar-refractivity contribution >= 4 is 5.97 Å². The highest BCUT2D eigenvalue weighted by molar-refractivity contribution is 5.89. The van der Waals surface area contributed by atoms with E-state index in [1.807, 2.05) is 31.2 Å². The molecule has 0 unspecified atom stereocenters. The van der Waals surface area contributed by atoms with Crippen molar-refractivity contribution in [2.45, 2.75) is 33.1 Å². The van der Waals surface area contributed by atoms with E-state index in [0.717, 1.165) is 29.8 Å². The van der Waals surface area contributed by atoms with Crippen molar-refractivity contribution < 1.29 is 14.6 Å². The second-order valence-electron chi connectivity index (χ2n) is 5.09. The maximum atomic E-state index is 11.3. The lowest BCUT2D eigenvalue weighted by Crippen LogP contribution is -2.06. The van der Waals surface area contributed by atoms with Crippen LogP contribution in [0.2, 0.25) is 0 Å². The molecule has 1 heterocycles. The number of carboxylic acid groups (broad SMARTS) is 1. The monoisotopic (exact) mass is 299 g/mol. The zero-order valence-electron chi connectivity index (χ0n) is 13.0. The van der Waals surface area contributed by atoms with Crippen LogP contribution < -0.4 is 4.74 Å². The summed E-state index contributed by atoms with van der Waals surface area (Å²) in [5, 5.41) is 9.26. The Morgan fingerprint density at radius 1 is 1.14 bits per heavy atom. The largest absolute Gasteiger partial charge is 0.493 e. The van der Waals surface area contributed by atoms with Crippen LogP contribution in [-0.2, 0) is 6.42 Å². The fourth-order valence-electron chi connectivity index (χ4n) is 2.29. The van der Waals surface area contributed by atoms with E-state index in [1.54, 1.807) is 12.1 Å². The molecule has 116 valence electrons. The van der Waals surface area contributed by atoms with Crippen molar-refractivity contribution in [1.29, 1.82) is 0 Å². The molecule has 22 heavy (non-hydrogen) atoms. The molecule has 2 rings (SSSR count). The molecule has 0 fully saturated rings. The number of rotatable bonds is 7. The van der Waals surface area contributed by atoms with E-state index in [-0.39, 0.29) is 5.56 Å². The van der Waals surface area contributed by atoms with Gasteiger partial charge in [-0.1, -0.05) is 32.4 Å². The fourth-order valence-corrected chi connectivity index (χ4v) is 2.29. The van der Waals surface area contributed by atoms with Gasteiger partial charge in [0.25, 0.3) is 0 Å². The number of aromatic carboxylic acids is 1. The van der Waals surface area contributed by atoms with Gasteiger partial charge in [-0.2, -0.15) is 0 Å². The summed E-state index contributed by atoms with van der Waals surface area (Å²) >= 11 is 0. The van der Waals surface area contributed by atoms with E-state index >= 15 is 0 Å². The number of aromatic nitrogens is 1. The van der Waals surface area contributed by atoms with Gasteiger partial charge in [0.1, 0.15) is 5.75 Å². The Balaban J connectivity index is 2.44. The third kappa shape index (κ3) is 3.64. The molecule has 0 bridgehead atoms. The van der Waals surface area contributed by atoms with Crippen LogP contribution in [0.4, 0.5) is 0 Å². The van der Waals surface area contributed by atoms with Crippen molar-refractivity contribution in [3.63, 3.8) is 0 Å². The van der Waals surface area contributed by atoms with E-state index in [0.29, 0.717) is 18.7 Å². The van der Waals surface area contributed by atoms with Gasteiger partial charge < -0.3 is 9.84 Å². The van der Waals surface area contributed by atoms with Gasteiger partial charge in [-0.05, 0) is 37.1 Å². The smallest absolute Gasteiger partial charge is 0.337 e. The van der Waals surface area contributed by atoms with E-state index in [1.165, 1.54) is 0 Å². The first-order valence-corrected chi connectivity index (χ1v) is 7.62. The highest BCUT2D eigenvalue weighted by Crippen LogP contribution is 2.29. The summed E-state index contributed by atoms with van der Waals surface area (Å²) < 4.78 is 5.76. The zero-order valence-corrected chi connectivity index (χ0v) is 13.0. The van der Waals surface area contributed by atoms with Gasteiger partial charge in [0.05, 0.1) is 23.6 Å². The highest BCUT2D eigenvalue weighted by atomic mass is 16.5. The average molecular weight is 299 g/mol. The minimum absolute atomic E-state index is 0.276. The molecule has 0 radical (unpaired) electrons. The number of nitrogens with zero attached hydrogens (tertiary/aromatic N) is 1. The predicted octanol–water partition coefficient (Wildman–Crippen LogP) is 4.19. The normalized spacial score (nSPS) is 10.5. The van der Waals surface area contributed by atoms with E-state index in [2.05, 4.69) is 11.9 Å². The summed E-state index contributed by atoms with van der Waals surface area (Å²) in [6.07, 6.45) is 2.43. The molecule has 2 aromatic rings. The lowest BCUT2D eigenvalue weighted by atomic mass is 10.1. The van der Waals surface area contributed by atoms with Crippen LogP contribution >= 0.6 is 0 Å². The molecule has 1 aromatic carbocycles. The molecular formula is C18H21NO3. The Bertz CT molecular complexity index is 653. The van der Waals surface area contributed by atoms with Crippen LogP contribution in [0.1, 0.15) is 42.7 Å². The van der Waals surface area contributed by atoms with Crippen LogP contribution in [0.5, 0.6) is 5.75 Å². The molecule has 1 N–H and O–H groups in total. The third-order valence-corrected chi connectivity index (χ3v) is 3.32. The lowest BCUT2D eigenvalue weighted by molar-refractivity contribution is 0.0695. The molecule has 0 aliphatic carbocycles. The Hall–Kier alpha value is -2.36. The van der Waals surface area contributed by atoms with Gasteiger partial charge in [0, 0.05) is 5.56 Å². The summed E-state index contributed by atoms with van der Waals surface area (Å²) in [7, 11) is 0. The Kier molecular flexibility index (Phi) is 5.53. The first kappa shape index (κ1) is 16.0. The van der Waals surface area contributed by atoms with Crippen LogP contribution in [0.15, 0.2) is 36.4 Å². The Morgan fingerprint density at radius 2 is 1.91 bits per heavy atom. The summed E-state index contributed by atoms with van der Waals surface area (Å²) in [6, 6.07) is 11.1. The van der Waals surface area contributed by atoms with Gasteiger partial charge in [0.2, 0.25) is 0 Å². The number of carbonyl (C=O) groups is 1. The second kappa shape index (κ2) is 7.59. The van der Waals surface area contributed by atoms with Crippen molar-refractivity contribution in [2.75, 3.05) is 6.61 Å². The molecule has 4 nitrogen and oxygen atoms in total. The van der Waals surface area contributed by atoms with Crippen LogP contribution in [-0.4, -0.2) is 22.7 Å². The summed E-state index contributed by atoms with van der Waals surface area (Å²) in [5.74, 6) is -0.152. The summed E-state index contributed by atoms with van der Waals surface area (Å²) in [4.78, 5) is 15.8. The molecule has 4 heteroatoms. The average Bonchev–Trinajstić information content (AvgIpc) is 2.53. The Morgan fingerprint density at radius 3 is 2.59 bits per heavy atom. The Labute approximate surface area is 130 Å². The number of carboxylic acids is 1. The molecular weight excluding hydrogens is 278 g/mol. The maximum absolute atomic E-state index is 11.3. The molecule has 0 aliphatic rings. The maximum Gasteiger partial charge on any atom is 0.337 e. The first-order valence-electron chi connectivity index (χ1n) is 7.62. The first-order chi connectivity index (χ1) is 10.7. The molecule has 0 aliphatic heterocycles. The van der Waals surface area contributed by atoms with Crippen molar-refractivity contribution in [3.8, 4) is 17.0 Å². The summed E-state index contributed by atoms with van der Waals surface area (Å²) in [6.45, 7) is 4.71. The minimum Gasteiger partial charge on any atom is -0.493 e. The summed E-state index contributed by atoms with van der Waals surface area (Å²) in [5.41, 5.74) is 2.54. The topological polar surface area (TPSA) is 59.4 Å². The van der Waals surface area contributed by atoms with Crippen molar-refractivity contribution in [3.05, 3.63) is 47.7 Å². The highest BCUT2D eigenvalue weighted by Gasteiger charge is 2.14. The van der Waals surface area contributed by atoms with Crippen LogP contribution in [0, 0.1) is 0 Å². The van der Waals surface area contributed by atoms with Gasteiger partial charge in [-0.25, -0.2) is 4.79 Å². The molecule has 1 aromatic heterocycles. The van der Waals surface area contributed by atoms with E-state index in [9.17, 15) is 9.90 Å². The predicted molar refractivity (Wildman–Crippen MR) is 86.4 cm³/mol. The molecule has 0 atom stereocenters. The van der Waals surface area contributed by atoms with E-state index < -0.39 is 5.97 Å². The van der Waals surface area contributed by atoms with Crippen LogP contribution in [0.3, 0.4) is 0 Å². The van der Waals surface area contributed by atoms with Crippen molar-refractivity contribution in [1.82, 2.24) is 4.98 Å². The van der Waals surface area contributed by atoms with Gasteiger partial charge in [-0.3, -0.25) is 4.98 Å².